The van der Waals surface area contributed by atoms with Crippen molar-refractivity contribution in [3.05, 3.63) is 65.7 Å². The molecule has 6 nitrogen and oxygen atoms in total. The van der Waals surface area contributed by atoms with Crippen LogP contribution in [0.15, 0.2) is 59.5 Å². The molecule has 30 heavy (non-hydrogen) atoms. The lowest BCUT2D eigenvalue weighted by Gasteiger charge is -2.39. The van der Waals surface area contributed by atoms with E-state index in [0.717, 1.165) is 24.0 Å². The molecule has 0 N–H and O–H groups in total. The van der Waals surface area contributed by atoms with E-state index in [1.165, 1.54) is 4.31 Å². The highest BCUT2D eigenvalue weighted by atomic mass is 32.2. The van der Waals surface area contributed by atoms with Crippen LogP contribution in [0.3, 0.4) is 0 Å². The van der Waals surface area contributed by atoms with Crippen molar-refractivity contribution in [2.75, 3.05) is 40.3 Å². The van der Waals surface area contributed by atoms with E-state index in [1.54, 1.807) is 31.1 Å². The lowest BCUT2D eigenvalue weighted by atomic mass is 10.0. The van der Waals surface area contributed by atoms with Crippen molar-refractivity contribution in [2.45, 2.75) is 30.7 Å². The lowest BCUT2D eigenvalue weighted by molar-refractivity contribution is -0.135. The Labute approximate surface area is 180 Å². The molecule has 1 saturated heterocycles. The highest BCUT2D eigenvalue weighted by Gasteiger charge is 2.34. The minimum atomic E-state index is -3.53. The van der Waals surface area contributed by atoms with E-state index >= 15 is 0 Å². The number of carbonyl (C=O) groups excluding carboxylic acids is 1. The first-order chi connectivity index (χ1) is 14.3. The lowest BCUT2D eigenvalue weighted by Crippen LogP contribution is -2.52. The number of piperazine rings is 1. The minimum absolute atomic E-state index is 0.00372. The number of carbonyl (C=O) groups is 1. The van der Waals surface area contributed by atoms with Crippen LogP contribution in [-0.4, -0.2) is 68.7 Å². The zero-order chi connectivity index (χ0) is 21.7. The summed E-state index contributed by atoms with van der Waals surface area (Å²) in [5.41, 5.74) is 2.08. The van der Waals surface area contributed by atoms with Crippen molar-refractivity contribution < 1.29 is 13.2 Å². The van der Waals surface area contributed by atoms with Crippen LogP contribution in [0.4, 0.5) is 0 Å². The average molecular weight is 430 g/mol. The number of amides is 1. The van der Waals surface area contributed by atoms with Crippen molar-refractivity contribution in [3.8, 4) is 0 Å². The Morgan fingerprint density at radius 3 is 2.10 bits per heavy atom. The highest BCUT2D eigenvalue weighted by molar-refractivity contribution is 7.89. The van der Waals surface area contributed by atoms with Crippen molar-refractivity contribution in [3.63, 3.8) is 0 Å². The summed E-state index contributed by atoms with van der Waals surface area (Å²) in [7, 11) is -0.0304. The van der Waals surface area contributed by atoms with Crippen molar-refractivity contribution >= 4 is 15.9 Å². The largest absolute Gasteiger partial charge is 0.347 e. The smallest absolute Gasteiger partial charge is 0.244 e. The zero-order valence-electron chi connectivity index (χ0n) is 18.0. The summed E-state index contributed by atoms with van der Waals surface area (Å²) < 4.78 is 27.7. The first-order valence-corrected chi connectivity index (χ1v) is 11.9. The molecule has 1 amide bonds. The van der Waals surface area contributed by atoms with Crippen molar-refractivity contribution in [1.29, 1.82) is 0 Å². The molecule has 0 spiro atoms. The molecule has 2 aromatic carbocycles. The number of benzene rings is 2. The molecule has 0 bridgehead atoms. The maximum atomic E-state index is 13.1. The van der Waals surface area contributed by atoms with E-state index in [2.05, 4.69) is 11.8 Å². The number of aryl methyl sites for hydroxylation is 1. The van der Waals surface area contributed by atoms with E-state index in [4.69, 9.17) is 0 Å². The Morgan fingerprint density at radius 2 is 1.57 bits per heavy atom. The van der Waals surface area contributed by atoms with Crippen LogP contribution in [0.1, 0.15) is 30.5 Å². The van der Waals surface area contributed by atoms with Crippen LogP contribution in [0.5, 0.6) is 0 Å². The molecule has 1 fully saturated rings. The van der Waals surface area contributed by atoms with E-state index < -0.39 is 16.1 Å². The average Bonchev–Trinajstić information content (AvgIpc) is 2.75. The topological polar surface area (TPSA) is 60.9 Å². The molecule has 1 aliphatic rings. The fourth-order valence-electron chi connectivity index (χ4n) is 3.86. The van der Waals surface area contributed by atoms with Crippen molar-refractivity contribution in [1.82, 2.24) is 14.1 Å². The third-order valence-electron chi connectivity index (χ3n) is 5.53. The van der Waals surface area contributed by atoms with Gasteiger partial charge >= 0.3 is 0 Å². The van der Waals surface area contributed by atoms with Gasteiger partial charge in [0.15, 0.2) is 0 Å². The maximum absolute atomic E-state index is 13.1. The summed E-state index contributed by atoms with van der Waals surface area (Å²) >= 11 is 0. The van der Waals surface area contributed by atoms with Gasteiger partial charge in [-0.25, -0.2) is 8.42 Å². The molecule has 1 atom stereocenters. The Hall–Kier alpha value is -2.22. The SMILES string of the molecule is CCCc1ccc(S(=O)(=O)N2CCN([C@H](C(=O)N(C)C)c3ccccc3)CC2)cc1. The van der Waals surface area contributed by atoms with Gasteiger partial charge in [-0.2, -0.15) is 4.31 Å². The van der Waals surface area contributed by atoms with Crippen LogP contribution >= 0.6 is 0 Å². The fraction of sp³-hybridized carbons (Fsp3) is 0.435. The molecule has 0 aromatic heterocycles. The molecule has 2 aromatic rings. The predicted octanol–water partition coefficient (Wildman–Crippen LogP) is 2.77. The van der Waals surface area contributed by atoms with E-state index in [0.29, 0.717) is 31.1 Å². The summed E-state index contributed by atoms with van der Waals surface area (Å²) in [6, 6.07) is 16.5. The minimum Gasteiger partial charge on any atom is -0.347 e. The third-order valence-corrected chi connectivity index (χ3v) is 7.44. The zero-order valence-corrected chi connectivity index (χ0v) is 18.8. The van der Waals surface area contributed by atoms with Crippen LogP contribution in [-0.2, 0) is 21.2 Å². The summed E-state index contributed by atoms with van der Waals surface area (Å²) in [4.78, 5) is 16.9. The van der Waals surface area contributed by atoms with Crippen LogP contribution < -0.4 is 0 Å². The third kappa shape index (κ3) is 4.91. The van der Waals surface area contributed by atoms with E-state index in [9.17, 15) is 13.2 Å². The van der Waals surface area contributed by atoms with Gasteiger partial charge in [0.2, 0.25) is 15.9 Å². The van der Waals surface area contributed by atoms with E-state index in [-0.39, 0.29) is 5.91 Å². The molecular formula is C23H31N3O3S. The van der Waals surface area contributed by atoms with Gasteiger partial charge in [-0.3, -0.25) is 9.69 Å². The van der Waals surface area contributed by atoms with Gasteiger partial charge in [0.1, 0.15) is 6.04 Å². The maximum Gasteiger partial charge on any atom is 0.244 e. The molecule has 3 rings (SSSR count). The van der Waals surface area contributed by atoms with Gasteiger partial charge in [0.25, 0.3) is 0 Å². The van der Waals surface area contributed by atoms with Gasteiger partial charge in [-0.1, -0.05) is 55.8 Å². The summed E-state index contributed by atoms with van der Waals surface area (Å²) in [5.74, 6) is 0.00372. The molecule has 0 radical (unpaired) electrons. The number of rotatable bonds is 7. The predicted molar refractivity (Wildman–Crippen MR) is 119 cm³/mol. The Bertz CT molecular complexity index is 935. The Balaban J connectivity index is 1.74. The van der Waals surface area contributed by atoms with E-state index in [1.807, 2.05) is 42.5 Å². The van der Waals surface area contributed by atoms with Gasteiger partial charge in [0, 0.05) is 40.3 Å². The Kier molecular flexibility index (Phi) is 7.28. The summed E-state index contributed by atoms with van der Waals surface area (Å²) in [6.45, 7) is 3.85. The first-order valence-electron chi connectivity index (χ1n) is 10.4. The normalized spacial score (nSPS) is 16.9. The van der Waals surface area contributed by atoms with Crippen LogP contribution in [0.2, 0.25) is 0 Å². The number of likely N-dealkylation sites (N-methyl/N-ethyl adjacent to an activating group) is 1. The van der Waals surface area contributed by atoms with Crippen molar-refractivity contribution in [2.24, 2.45) is 0 Å². The van der Waals surface area contributed by atoms with Crippen LogP contribution in [0, 0.1) is 0 Å². The number of sulfonamides is 1. The molecule has 1 heterocycles. The monoisotopic (exact) mass is 429 g/mol. The molecule has 0 aliphatic carbocycles. The number of nitrogens with zero attached hydrogens (tertiary/aromatic N) is 3. The molecular weight excluding hydrogens is 398 g/mol. The second-order valence-electron chi connectivity index (χ2n) is 7.88. The molecule has 0 saturated carbocycles. The van der Waals surface area contributed by atoms with Gasteiger partial charge in [-0.15, -0.1) is 0 Å². The fourth-order valence-corrected chi connectivity index (χ4v) is 5.28. The quantitative estimate of drug-likeness (QED) is 0.679. The summed E-state index contributed by atoms with van der Waals surface area (Å²) in [6.07, 6.45) is 1.97. The standard InChI is InChI=1S/C23H31N3O3S/c1-4-8-19-11-13-21(14-12-19)30(28,29)26-17-15-25(16-18-26)22(23(27)24(2)3)20-9-6-5-7-10-20/h5-7,9-14,22H,4,8,15-18H2,1-3H3/t22-/m0/s1. The van der Waals surface area contributed by atoms with Gasteiger partial charge < -0.3 is 4.90 Å². The second-order valence-corrected chi connectivity index (χ2v) is 9.82. The summed E-state index contributed by atoms with van der Waals surface area (Å²) in [5, 5.41) is 0. The highest BCUT2D eigenvalue weighted by Crippen LogP contribution is 2.26. The van der Waals surface area contributed by atoms with Crippen LogP contribution in [0.25, 0.3) is 0 Å². The van der Waals surface area contributed by atoms with Gasteiger partial charge in [0.05, 0.1) is 4.90 Å². The number of hydrogen-bond acceptors (Lipinski definition) is 4. The molecule has 0 unspecified atom stereocenters. The molecule has 7 heteroatoms. The number of hydrogen-bond donors (Lipinski definition) is 0. The first kappa shape index (κ1) is 22.5. The second kappa shape index (κ2) is 9.73. The Morgan fingerprint density at radius 1 is 0.967 bits per heavy atom. The molecule has 1 aliphatic heterocycles. The molecule has 162 valence electrons. The van der Waals surface area contributed by atoms with Gasteiger partial charge in [-0.05, 0) is 29.7 Å².